The highest BCUT2D eigenvalue weighted by molar-refractivity contribution is 5.95. The molecule has 0 aromatic heterocycles. The molecule has 0 bridgehead atoms. The standard InChI is InChI=1S/C22H34N8O7/c23-13(10-17(24)32)18(33)29-15(9-12-5-2-1-3-6-12)19(34)30-16(11-31)20(35)28-14(21(36)37)7-4-8-27-22(25)26/h1-3,5-6,13-16,31H,4,7-11,23H2,(H2,24,32)(H,28,35)(H,29,33)(H,30,34)(H,36,37)(H4,25,26,27). The summed E-state index contributed by atoms with van der Waals surface area (Å²) in [7, 11) is 0. The second-order valence-electron chi connectivity index (χ2n) is 8.12. The quantitative estimate of drug-likeness (QED) is 0.0576. The van der Waals surface area contributed by atoms with E-state index in [0.29, 0.717) is 5.56 Å². The lowest BCUT2D eigenvalue weighted by Gasteiger charge is -2.24. The van der Waals surface area contributed by atoms with E-state index in [0.717, 1.165) is 0 Å². The van der Waals surface area contributed by atoms with E-state index in [2.05, 4.69) is 20.9 Å². The minimum atomic E-state index is -1.53. The summed E-state index contributed by atoms with van der Waals surface area (Å²) in [6, 6.07) is 3.17. The average molecular weight is 523 g/mol. The van der Waals surface area contributed by atoms with Gasteiger partial charge in [-0.05, 0) is 18.4 Å². The fraction of sp³-hybridized carbons (Fsp3) is 0.455. The number of hydrogen-bond acceptors (Lipinski definition) is 8. The van der Waals surface area contributed by atoms with Crippen LogP contribution in [0.2, 0.25) is 0 Å². The molecule has 4 amide bonds. The van der Waals surface area contributed by atoms with Crippen molar-refractivity contribution in [1.29, 1.82) is 0 Å². The number of guanidine groups is 1. The Kier molecular flexibility index (Phi) is 13.1. The fourth-order valence-electron chi connectivity index (χ4n) is 3.15. The van der Waals surface area contributed by atoms with Crippen LogP contribution in [0.1, 0.15) is 24.8 Å². The van der Waals surface area contributed by atoms with E-state index in [-0.39, 0.29) is 31.8 Å². The summed E-state index contributed by atoms with van der Waals surface area (Å²) in [5.74, 6) is -4.94. The van der Waals surface area contributed by atoms with Gasteiger partial charge in [0.25, 0.3) is 0 Å². The van der Waals surface area contributed by atoms with Crippen LogP contribution >= 0.6 is 0 Å². The van der Waals surface area contributed by atoms with Gasteiger partial charge in [0, 0.05) is 13.0 Å². The molecule has 4 atom stereocenters. The van der Waals surface area contributed by atoms with Gasteiger partial charge in [0.05, 0.1) is 19.1 Å². The number of aliphatic carboxylic acids is 1. The maximum absolute atomic E-state index is 13.0. The van der Waals surface area contributed by atoms with Crippen molar-refractivity contribution in [2.24, 2.45) is 27.9 Å². The third kappa shape index (κ3) is 11.8. The predicted molar refractivity (Wildman–Crippen MR) is 132 cm³/mol. The van der Waals surface area contributed by atoms with Gasteiger partial charge in [-0.25, -0.2) is 4.79 Å². The molecule has 0 aliphatic carbocycles. The molecule has 0 saturated heterocycles. The van der Waals surface area contributed by atoms with Crippen molar-refractivity contribution in [2.75, 3.05) is 13.2 Å². The van der Waals surface area contributed by atoms with Gasteiger partial charge in [0.15, 0.2) is 5.96 Å². The van der Waals surface area contributed by atoms with Crippen LogP contribution in [-0.4, -0.2) is 83.1 Å². The number of aliphatic hydroxyl groups is 1. The molecular formula is C22H34N8O7. The maximum atomic E-state index is 13.0. The zero-order chi connectivity index (χ0) is 28.0. The van der Waals surface area contributed by atoms with Crippen LogP contribution < -0.4 is 38.9 Å². The van der Waals surface area contributed by atoms with Gasteiger partial charge in [0.2, 0.25) is 23.6 Å². The lowest BCUT2D eigenvalue weighted by molar-refractivity contribution is -0.142. The molecule has 0 heterocycles. The van der Waals surface area contributed by atoms with Crippen molar-refractivity contribution in [2.45, 2.75) is 49.9 Å². The van der Waals surface area contributed by atoms with Crippen LogP contribution in [-0.2, 0) is 30.4 Å². The Bertz CT molecular complexity index is 969. The van der Waals surface area contributed by atoms with Crippen molar-refractivity contribution in [1.82, 2.24) is 16.0 Å². The summed E-state index contributed by atoms with van der Waals surface area (Å²) in [4.78, 5) is 64.4. The first kappa shape index (κ1) is 30.8. The minimum Gasteiger partial charge on any atom is -0.480 e. The maximum Gasteiger partial charge on any atom is 0.326 e. The number of nitrogens with zero attached hydrogens (tertiary/aromatic N) is 1. The van der Waals surface area contributed by atoms with E-state index in [1.54, 1.807) is 30.3 Å². The van der Waals surface area contributed by atoms with Gasteiger partial charge in [-0.1, -0.05) is 30.3 Å². The number of benzene rings is 1. The number of aliphatic imine (C=N–C) groups is 1. The van der Waals surface area contributed by atoms with Crippen molar-refractivity contribution >= 4 is 35.6 Å². The van der Waals surface area contributed by atoms with E-state index in [1.807, 2.05) is 0 Å². The van der Waals surface area contributed by atoms with E-state index in [9.17, 15) is 34.2 Å². The lowest BCUT2D eigenvalue weighted by Crippen LogP contribution is -2.58. The number of hydrogen-bond donors (Lipinski definition) is 9. The number of amides is 4. The second-order valence-corrected chi connectivity index (χ2v) is 8.12. The van der Waals surface area contributed by atoms with Crippen molar-refractivity contribution in [3.8, 4) is 0 Å². The monoisotopic (exact) mass is 522 g/mol. The molecule has 15 heteroatoms. The second kappa shape index (κ2) is 15.7. The highest BCUT2D eigenvalue weighted by atomic mass is 16.4. The summed E-state index contributed by atoms with van der Waals surface area (Å²) in [6.07, 6.45) is -0.243. The number of rotatable bonds is 16. The molecule has 4 unspecified atom stereocenters. The van der Waals surface area contributed by atoms with Crippen LogP contribution in [0.15, 0.2) is 35.3 Å². The zero-order valence-corrected chi connectivity index (χ0v) is 20.1. The summed E-state index contributed by atoms with van der Waals surface area (Å²) >= 11 is 0. The van der Waals surface area contributed by atoms with E-state index < -0.39 is 66.8 Å². The van der Waals surface area contributed by atoms with E-state index in [4.69, 9.17) is 22.9 Å². The molecule has 37 heavy (non-hydrogen) atoms. The molecule has 0 aliphatic rings. The molecule has 0 aliphatic heterocycles. The van der Waals surface area contributed by atoms with Gasteiger partial charge in [0.1, 0.15) is 18.1 Å². The first-order chi connectivity index (χ1) is 17.4. The van der Waals surface area contributed by atoms with Gasteiger partial charge < -0.3 is 49.1 Å². The molecule has 0 radical (unpaired) electrons. The van der Waals surface area contributed by atoms with Crippen LogP contribution in [0.5, 0.6) is 0 Å². The molecule has 0 fully saturated rings. The first-order valence-electron chi connectivity index (χ1n) is 11.3. The predicted octanol–water partition coefficient (Wildman–Crippen LogP) is -3.98. The SMILES string of the molecule is NC(=O)CC(N)C(=O)NC(Cc1ccccc1)C(=O)NC(CO)C(=O)NC(CCCN=C(N)N)C(=O)O. The average Bonchev–Trinajstić information content (AvgIpc) is 2.83. The molecule has 13 N–H and O–H groups in total. The van der Waals surface area contributed by atoms with E-state index in [1.165, 1.54) is 0 Å². The lowest BCUT2D eigenvalue weighted by atomic mass is 10.0. The molecule has 0 saturated carbocycles. The van der Waals surface area contributed by atoms with Crippen LogP contribution in [0.25, 0.3) is 0 Å². The zero-order valence-electron chi connectivity index (χ0n) is 20.1. The molecule has 1 rings (SSSR count). The Hall–Kier alpha value is -4.24. The third-order valence-corrected chi connectivity index (χ3v) is 5.05. The van der Waals surface area contributed by atoms with Crippen LogP contribution in [0.4, 0.5) is 0 Å². The van der Waals surface area contributed by atoms with Gasteiger partial charge >= 0.3 is 5.97 Å². The normalized spacial score (nSPS) is 13.8. The first-order valence-corrected chi connectivity index (χ1v) is 11.3. The largest absolute Gasteiger partial charge is 0.480 e. The number of carbonyl (C=O) groups is 5. The van der Waals surface area contributed by atoms with Gasteiger partial charge in [-0.2, -0.15) is 0 Å². The Morgan fingerprint density at radius 1 is 0.865 bits per heavy atom. The Morgan fingerprint density at radius 3 is 1.97 bits per heavy atom. The van der Waals surface area contributed by atoms with Crippen LogP contribution in [0, 0.1) is 0 Å². The van der Waals surface area contributed by atoms with Crippen molar-refractivity contribution in [3.05, 3.63) is 35.9 Å². The molecular weight excluding hydrogens is 488 g/mol. The number of aliphatic hydroxyl groups excluding tert-OH is 1. The minimum absolute atomic E-state index is 0.00991. The summed E-state index contributed by atoms with van der Waals surface area (Å²) in [5.41, 5.74) is 21.8. The van der Waals surface area contributed by atoms with Gasteiger partial charge in [-0.3, -0.25) is 24.2 Å². The third-order valence-electron chi connectivity index (χ3n) is 5.05. The summed E-state index contributed by atoms with van der Waals surface area (Å²) in [5, 5.41) is 26.0. The topological polar surface area (TPSA) is 278 Å². The highest BCUT2D eigenvalue weighted by Crippen LogP contribution is 2.05. The highest BCUT2D eigenvalue weighted by Gasteiger charge is 2.30. The van der Waals surface area contributed by atoms with Crippen molar-refractivity contribution < 1.29 is 34.2 Å². The molecule has 0 spiro atoms. The summed E-state index contributed by atoms with van der Waals surface area (Å²) < 4.78 is 0. The number of carboxylic acids is 1. The molecule has 1 aromatic rings. The Morgan fingerprint density at radius 2 is 1.43 bits per heavy atom. The number of primary amides is 1. The molecule has 1 aromatic carbocycles. The molecule has 204 valence electrons. The van der Waals surface area contributed by atoms with E-state index >= 15 is 0 Å². The summed E-state index contributed by atoms with van der Waals surface area (Å²) in [6.45, 7) is -0.716. The number of carboxylic acid groups (broad SMARTS) is 1. The smallest absolute Gasteiger partial charge is 0.326 e. The Balaban J connectivity index is 2.93. The van der Waals surface area contributed by atoms with Crippen LogP contribution in [0.3, 0.4) is 0 Å². The number of nitrogens with two attached hydrogens (primary N) is 4. The number of carbonyl (C=O) groups excluding carboxylic acids is 4. The van der Waals surface area contributed by atoms with Crippen molar-refractivity contribution in [3.63, 3.8) is 0 Å². The molecule has 15 nitrogen and oxygen atoms in total. The van der Waals surface area contributed by atoms with Gasteiger partial charge in [-0.15, -0.1) is 0 Å². The number of nitrogens with one attached hydrogen (secondary N) is 3. The fourth-order valence-corrected chi connectivity index (χ4v) is 3.15. The Labute approximate surface area is 213 Å².